The summed E-state index contributed by atoms with van der Waals surface area (Å²) in [6.07, 6.45) is 8.11. The van der Waals surface area contributed by atoms with Crippen molar-refractivity contribution in [2.75, 3.05) is 26.7 Å². The van der Waals surface area contributed by atoms with Crippen LogP contribution >= 0.6 is 0 Å². The summed E-state index contributed by atoms with van der Waals surface area (Å²) in [5.74, 6) is -0.889. The van der Waals surface area contributed by atoms with Crippen LogP contribution in [0.25, 0.3) is 0 Å². The molecule has 1 aromatic heterocycles. The van der Waals surface area contributed by atoms with E-state index in [1.54, 1.807) is 36.5 Å². The van der Waals surface area contributed by atoms with E-state index in [1.807, 2.05) is 17.1 Å². The number of fused-ring (bicyclic) bond motifs is 1. The van der Waals surface area contributed by atoms with E-state index in [4.69, 9.17) is 4.74 Å². The molecule has 0 unspecified atom stereocenters. The number of hydrogen-bond donors (Lipinski definition) is 0. The Labute approximate surface area is 163 Å². The predicted molar refractivity (Wildman–Crippen MR) is 99.2 cm³/mol. The highest BCUT2D eigenvalue weighted by Gasteiger charge is 2.66. The standard InChI is InChI=1S/C21H23N3O4/c1-23-12-21-7-4-15(28-21)16(17(21)20(23)27)19(26)24-9-5-13(6-10-24)18(25)14-3-2-8-22-11-14/h2-4,7-8,11,13,15-17H,5-6,9-10,12H2,1H3/t15-,16-,17-,21-/m1/s1. The molecule has 28 heavy (non-hydrogen) atoms. The van der Waals surface area contributed by atoms with Crippen LogP contribution in [0.1, 0.15) is 23.2 Å². The van der Waals surface area contributed by atoms with Gasteiger partial charge < -0.3 is 14.5 Å². The first-order chi connectivity index (χ1) is 13.5. The number of ether oxygens (including phenoxy) is 1. The van der Waals surface area contributed by atoms with Gasteiger partial charge in [-0.15, -0.1) is 0 Å². The van der Waals surface area contributed by atoms with Crippen molar-refractivity contribution in [2.45, 2.75) is 24.5 Å². The smallest absolute Gasteiger partial charge is 0.229 e. The molecular weight excluding hydrogens is 358 g/mol. The zero-order valence-corrected chi connectivity index (χ0v) is 15.8. The molecule has 1 spiro atoms. The molecule has 3 saturated heterocycles. The molecule has 4 atom stereocenters. The van der Waals surface area contributed by atoms with Crippen molar-refractivity contribution in [3.8, 4) is 0 Å². The number of likely N-dealkylation sites (N-methyl/N-ethyl adjacent to an activating group) is 1. The Morgan fingerprint density at radius 3 is 2.79 bits per heavy atom. The molecule has 0 aliphatic carbocycles. The summed E-state index contributed by atoms with van der Waals surface area (Å²) in [7, 11) is 1.76. The fraction of sp³-hybridized carbons (Fsp3) is 0.524. The zero-order valence-electron chi connectivity index (χ0n) is 15.8. The van der Waals surface area contributed by atoms with Crippen molar-refractivity contribution in [1.82, 2.24) is 14.8 Å². The molecule has 4 aliphatic heterocycles. The number of likely N-dealkylation sites (tertiary alicyclic amines) is 2. The Morgan fingerprint density at radius 2 is 2.07 bits per heavy atom. The lowest BCUT2D eigenvalue weighted by Gasteiger charge is -2.35. The summed E-state index contributed by atoms with van der Waals surface area (Å²) in [5.41, 5.74) is -0.00809. The molecule has 7 nitrogen and oxygen atoms in total. The van der Waals surface area contributed by atoms with Crippen LogP contribution in [0.4, 0.5) is 0 Å². The Bertz CT molecular complexity index is 862. The van der Waals surface area contributed by atoms with Crippen molar-refractivity contribution in [1.29, 1.82) is 0 Å². The summed E-state index contributed by atoms with van der Waals surface area (Å²) < 4.78 is 6.08. The number of aromatic nitrogens is 1. The maximum Gasteiger partial charge on any atom is 0.229 e. The van der Waals surface area contributed by atoms with Gasteiger partial charge in [-0.1, -0.05) is 12.2 Å². The number of nitrogens with zero attached hydrogens (tertiary/aromatic N) is 3. The molecule has 0 saturated carbocycles. The topological polar surface area (TPSA) is 79.8 Å². The molecule has 3 fully saturated rings. The monoisotopic (exact) mass is 381 g/mol. The highest BCUT2D eigenvalue weighted by atomic mass is 16.5. The van der Waals surface area contributed by atoms with E-state index in [9.17, 15) is 14.4 Å². The Hall–Kier alpha value is -2.54. The van der Waals surface area contributed by atoms with E-state index in [0.717, 1.165) is 0 Å². The van der Waals surface area contributed by atoms with Crippen molar-refractivity contribution in [3.63, 3.8) is 0 Å². The third kappa shape index (κ3) is 2.45. The number of rotatable bonds is 3. The second kappa shape index (κ2) is 6.24. The molecule has 0 aromatic carbocycles. The first-order valence-electron chi connectivity index (χ1n) is 9.85. The number of Topliss-reactive ketones (excluding diaryl/α,β-unsaturated/α-hetero) is 1. The third-order valence-electron chi connectivity index (χ3n) is 6.70. The average Bonchev–Trinajstić information content (AvgIpc) is 3.36. The molecule has 7 heteroatoms. The Balaban J connectivity index is 1.27. The minimum Gasteiger partial charge on any atom is -0.360 e. The lowest BCUT2D eigenvalue weighted by molar-refractivity contribution is -0.143. The van der Waals surface area contributed by atoms with E-state index in [2.05, 4.69) is 4.98 Å². The SMILES string of the molecule is CN1C[C@@]23C=C[C@@H](O2)[C@@H](C(=O)N2CCC(C(=O)c4cccnc4)CC2)[C@@H]3C1=O. The van der Waals surface area contributed by atoms with Crippen LogP contribution in [0, 0.1) is 17.8 Å². The molecule has 4 aliphatic rings. The molecule has 0 N–H and O–H groups in total. The molecule has 146 valence electrons. The van der Waals surface area contributed by atoms with Crippen LogP contribution in [-0.2, 0) is 14.3 Å². The lowest BCUT2D eigenvalue weighted by Crippen LogP contribution is -2.48. The number of ketones is 1. The first-order valence-corrected chi connectivity index (χ1v) is 9.85. The summed E-state index contributed by atoms with van der Waals surface area (Å²) in [5, 5.41) is 0. The van der Waals surface area contributed by atoms with Gasteiger partial charge in [0.15, 0.2) is 5.78 Å². The van der Waals surface area contributed by atoms with Crippen LogP contribution in [0.2, 0.25) is 0 Å². The minimum absolute atomic E-state index is 0.00755. The third-order valence-corrected chi connectivity index (χ3v) is 6.70. The van der Waals surface area contributed by atoms with Gasteiger partial charge in [-0.2, -0.15) is 0 Å². The summed E-state index contributed by atoms with van der Waals surface area (Å²) in [6, 6.07) is 3.55. The molecular formula is C21H23N3O4. The average molecular weight is 381 g/mol. The van der Waals surface area contributed by atoms with Gasteiger partial charge >= 0.3 is 0 Å². The van der Waals surface area contributed by atoms with Crippen LogP contribution in [0.5, 0.6) is 0 Å². The van der Waals surface area contributed by atoms with Gasteiger partial charge in [0.1, 0.15) is 5.60 Å². The van der Waals surface area contributed by atoms with E-state index in [1.165, 1.54) is 0 Å². The summed E-state index contributed by atoms with van der Waals surface area (Å²) in [4.78, 5) is 46.1. The highest BCUT2D eigenvalue weighted by Crippen LogP contribution is 2.52. The Morgan fingerprint density at radius 1 is 1.29 bits per heavy atom. The second-order valence-corrected chi connectivity index (χ2v) is 8.30. The fourth-order valence-corrected chi connectivity index (χ4v) is 5.29. The molecule has 2 bridgehead atoms. The number of hydrogen-bond acceptors (Lipinski definition) is 5. The quantitative estimate of drug-likeness (QED) is 0.575. The largest absolute Gasteiger partial charge is 0.360 e. The van der Waals surface area contributed by atoms with Crippen LogP contribution in [-0.4, -0.2) is 70.8 Å². The number of carbonyl (C=O) groups excluding carboxylic acids is 3. The summed E-state index contributed by atoms with van der Waals surface area (Å²) >= 11 is 0. The van der Waals surface area contributed by atoms with Gasteiger partial charge in [-0.3, -0.25) is 19.4 Å². The van der Waals surface area contributed by atoms with Gasteiger partial charge in [0.05, 0.1) is 24.5 Å². The number of piperidine rings is 1. The summed E-state index contributed by atoms with van der Waals surface area (Å²) in [6.45, 7) is 1.58. The maximum atomic E-state index is 13.3. The van der Waals surface area contributed by atoms with E-state index in [-0.39, 0.29) is 29.6 Å². The molecule has 1 aromatic rings. The number of amides is 2. The van der Waals surface area contributed by atoms with Crippen LogP contribution in [0.15, 0.2) is 36.7 Å². The van der Waals surface area contributed by atoms with Gasteiger partial charge in [0.25, 0.3) is 0 Å². The zero-order chi connectivity index (χ0) is 19.5. The molecule has 2 amide bonds. The van der Waals surface area contributed by atoms with Crippen molar-refractivity contribution < 1.29 is 19.1 Å². The van der Waals surface area contributed by atoms with Crippen LogP contribution < -0.4 is 0 Å². The van der Waals surface area contributed by atoms with Gasteiger partial charge in [0.2, 0.25) is 11.8 Å². The normalized spacial score (nSPS) is 34.2. The molecule has 0 radical (unpaired) electrons. The lowest BCUT2D eigenvalue weighted by atomic mass is 9.76. The van der Waals surface area contributed by atoms with Crippen LogP contribution in [0.3, 0.4) is 0 Å². The van der Waals surface area contributed by atoms with E-state index >= 15 is 0 Å². The van der Waals surface area contributed by atoms with Gasteiger partial charge in [0, 0.05) is 44.0 Å². The number of carbonyl (C=O) groups is 3. The maximum absolute atomic E-state index is 13.3. The van der Waals surface area contributed by atoms with E-state index in [0.29, 0.717) is 38.0 Å². The van der Waals surface area contributed by atoms with Crippen molar-refractivity contribution in [2.24, 2.45) is 17.8 Å². The molecule has 5 heterocycles. The number of pyridine rings is 1. The highest BCUT2D eigenvalue weighted by molar-refractivity contribution is 5.98. The van der Waals surface area contributed by atoms with Crippen molar-refractivity contribution in [3.05, 3.63) is 42.2 Å². The Kier molecular flexibility index (Phi) is 3.91. The van der Waals surface area contributed by atoms with Crippen molar-refractivity contribution >= 4 is 17.6 Å². The van der Waals surface area contributed by atoms with E-state index < -0.39 is 17.4 Å². The molecule has 5 rings (SSSR count). The first kappa shape index (κ1) is 17.6. The second-order valence-electron chi connectivity index (χ2n) is 8.30. The minimum atomic E-state index is -0.634. The van der Waals surface area contributed by atoms with Gasteiger partial charge in [-0.05, 0) is 25.0 Å². The predicted octanol–water partition coefficient (Wildman–Crippen LogP) is 0.915. The fourth-order valence-electron chi connectivity index (χ4n) is 5.29. The van der Waals surface area contributed by atoms with Gasteiger partial charge in [-0.25, -0.2) is 0 Å².